The number of nitro groups is 1. The summed E-state index contributed by atoms with van der Waals surface area (Å²) in [4.78, 5) is 34.4. The molecule has 0 fully saturated rings. The van der Waals surface area contributed by atoms with E-state index in [1.807, 2.05) is 0 Å². The first-order valence-electron chi connectivity index (χ1n) is 7.69. The zero-order valence-electron chi connectivity index (χ0n) is 14.3. The Morgan fingerprint density at radius 3 is 2.34 bits per heavy atom. The van der Waals surface area contributed by atoms with Crippen molar-refractivity contribution in [2.24, 2.45) is 0 Å². The average molecular weight is 544 g/mol. The van der Waals surface area contributed by atoms with Gasteiger partial charge in [0.25, 0.3) is 11.6 Å². The molecule has 0 saturated heterocycles. The molecule has 148 valence electrons. The van der Waals surface area contributed by atoms with E-state index in [1.165, 1.54) is 18.2 Å². The van der Waals surface area contributed by atoms with E-state index in [4.69, 9.17) is 21.6 Å². The predicted octanol–water partition coefficient (Wildman–Crippen LogP) is 4.86. The Morgan fingerprint density at radius 1 is 1.24 bits per heavy atom. The van der Waals surface area contributed by atoms with Crippen LogP contribution < -0.4 is 5.32 Å². The van der Waals surface area contributed by atoms with Gasteiger partial charge in [0.2, 0.25) is 0 Å². The number of carbonyl (C=O) groups excluding carboxylic acids is 2. The Kier molecular flexibility index (Phi) is 7.90. The van der Waals surface area contributed by atoms with Crippen molar-refractivity contribution in [3.63, 3.8) is 0 Å². The van der Waals surface area contributed by atoms with Gasteiger partial charge in [-0.15, -0.1) is 0 Å². The summed E-state index contributed by atoms with van der Waals surface area (Å²) < 4.78 is 5.39. The van der Waals surface area contributed by atoms with Crippen LogP contribution in [0.1, 0.15) is 5.56 Å². The number of hydrogen-bond donors (Lipinski definition) is 1. The highest BCUT2D eigenvalue weighted by Gasteiger charge is 2.18. The lowest BCUT2D eigenvalue weighted by molar-refractivity contribution is -0.385. The number of hydrogen-bond acceptors (Lipinski definition) is 6. The summed E-state index contributed by atoms with van der Waals surface area (Å²) >= 11 is 12.0. The van der Waals surface area contributed by atoms with Crippen LogP contribution in [0.2, 0.25) is 5.02 Å². The van der Waals surface area contributed by atoms with Crippen molar-refractivity contribution >= 4 is 72.8 Å². The summed E-state index contributed by atoms with van der Waals surface area (Å²) in [6, 6.07) is 10.6. The molecule has 2 aromatic rings. The summed E-state index contributed by atoms with van der Waals surface area (Å²) in [5.41, 5.74) is 0.317. The first-order valence-corrected chi connectivity index (χ1v) is 9.65. The molecule has 0 aromatic heterocycles. The summed E-state index contributed by atoms with van der Waals surface area (Å²) in [5, 5.41) is 22.9. The molecule has 1 amide bonds. The van der Waals surface area contributed by atoms with E-state index in [0.29, 0.717) is 10.6 Å². The minimum atomic E-state index is -0.973. The zero-order chi connectivity index (χ0) is 21.6. The summed E-state index contributed by atoms with van der Waals surface area (Å²) in [6.45, 7) is -0.658. The molecule has 0 aliphatic heterocycles. The Morgan fingerprint density at radius 2 is 1.83 bits per heavy atom. The van der Waals surface area contributed by atoms with Crippen molar-refractivity contribution in [1.82, 2.24) is 0 Å². The molecule has 0 saturated carbocycles. The van der Waals surface area contributed by atoms with E-state index in [1.54, 1.807) is 30.3 Å². The molecule has 2 aromatic carbocycles. The van der Waals surface area contributed by atoms with Crippen LogP contribution in [0.4, 0.5) is 11.4 Å². The van der Waals surface area contributed by atoms with Crippen LogP contribution in [0, 0.1) is 21.4 Å². The number of anilines is 1. The third-order valence-corrected chi connectivity index (χ3v) is 4.86. The smallest absolute Gasteiger partial charge is 0.349 e. The number of nitro benzene ring substituents is 1. The van der Waals surface area contributed by atoms with Gasteiger partial charge in [0.15, 0.2) is 6.61 Å². The number of esters is 1. The lowest BCUT2D eigenvalue weighted by Crippen LogP contribution is -2.21. The normalized spacial score (nSPS) is 10.8. The first kappa shape index (κ1) is 22.5. The van der Waals surface area contributed by atoms with E-state index in [-0.39, 0.29) is 25.9 Å². The number of carbonyl (C=O) groups is 2. The number of ether oxygens (including phenoxy) is 1. The van der Waals surface area contributed by atoms with Gasteiger partial charge in [0, 0.05) is 26.1 Å². The fraction of sp³-hybridized carbons (Fsp3) is 0.0556. The molecule has 0 heterocycles. The molecule has 29 heavy (non-hydrogen) atoms. The Hall–Kier alpha value is -2.74. The van der Waals surface area contributed by atoms with Gasteiger partial charge >= 0.3 is 5.97 Å². The lowest BCUT2D eigenvalue weighted by atomic mass is 10.1. The van der Waals surface area contributed by atoms with Crippen LogP contribution >= 0.6 is 43.5 Å². The van der Waals surface area contributed by atoms with Gasteiger partial charge in [-0.2, -0.15) is 5.26 Å². The van der Waals surface area contributed by atoms with E-state index in [0.717, 1.165) is 0 Å². The quantitative estimate of drug-likeness (QED) is 0.183. The van der Waals surface area contributed by atoms with Gasteiger partial charge in [0.05, 0.1) is 10.6 Å². The Labute approximate surface area is 186 Å². The van der Waals surface area contributed by atoms with Gasteiger partial charge < -0.3 is 10.1 Å². The summed E-state index contributed by atoms with van der Waals surface area (Å²) in [7, 11) is 0. The standard InChI is InChI=1S/C18H10Br2ClN3O5/c19-14-6-13(24(27)28)7-15(20)17(14)23-16(25)9-29-18(26)11(8-22)5-10-1-3-12(21)4-2-10/h1-7H,9H2,(H,23,25)/b11-5+. The van der Waals surface area contributed by atoms with Gasteiger partial charge in [-0.05, 0) is 55.6 Å². The summed E-state index contributed by atoms with van der Waals surface area (Å²) in [5.74, 6) is -1.67. The molecule has 8 nitrogen and oxygen atoms in total. The number of halogens is 3. The van der Waals surface area contributed by atoms with Gasteiger partial charge in [-0.25, -0.2) is 4.79 Å². The minimum Gasteiger partial charge on any atom is -0.451 e. The fourth-order valence-corrected chi connectivity index (χ4v) is 3.52. The minimum absolute atomic E-state index is 0.181. The SMILES string of the molecule is N#C/C(=C\c1ccc(Cl)cc1)C(=O)OCC(=O)Nc1c(Br)cc([N+](=O)[O-])cc1Br. The molecule has 0 aliphatic carbocycles. The van der Waals surface area contributed by atoms with Crippen molar-refractivity contribution in [2.45, 2.75) is 0 Å². The molecule has 2 rings (SSSR count). The van der Waals surface area contributed by atoms with E-state index in [9.17, 15) is 19.7 Å². The number of benzene rings is 2. The van der Waals surface area contributed by atoms with Crippen LogP contribution in [0.25, 0.3) is 6.08 Å². The van der Waals surface area contributed by atoms with E-state index < -0.39 is 23.4 Å². The first-order chi connectivity index (χ1) is 13.7. The van der Waals surface area contributed by atoms with Crippen molar-refractivity contribution in [2.75, 3.05) is 11.9 Å². The Bertz CT molecular complexity index is 1030. The van der Waals surface area contributed by atoms with E-state index >= 15 is 0 Å². The van der Waals surface area contributed by atoms with Crippen LogP contribution in [0.3, 0.4) is 0 Å². The molecule has 0 atom stereocenters. The monoisotopic (exact) mass is 541 g/mol. The molecule has 0 bridgehead atoms. The fourth-order valence-electron chi connectivity index (χ4n) is 2.03. The Balaban J connectivity index is 2.03. The van der Waals surface area contributed by atoms with Crippen LogP contribution in [0.15, 0.2) is 50.9 Å². The lowest BCUT2D eigenvalue weighted by Gasteiger charge is -2.10. The molecular formula is C18H10Br2ClN3O5. The number of rotatable bonds is 6. The number of nitriles is 1. The maximum absolute atomic E-state index is 12.1. The second kappa shape index (κ2) is 10.2. The second-order valence-electron chi connectivity index (χ2n) is 5.39. The highest BCUT2D eigenvalue weighted by molar-refractivity contribution is 9.11. The van der Waals surface area contributed by atoms with Gasteiger partial charge in [0.1, 0.15) is 11.6 Å². The highest BCUT2D eigenvalue weighted by Crippen LogP contribution is 2.35. The van der Waals surface area contributed by atoms with Crippen molar-refractivity contribution in [1.29, 1.82) is 5.26 Å². The van der Waals surface area contributed by atoms with Crippen molar-refractivity contribution in [3.8, 4) is 6.07 Å². The van der Waals surface area contributed by atoms with Crippen LogP contribution in [-0.2, 0) is 14.3 Å². The van der Waals surface area contributed by atoms with Crippen molar-refractivity contribution < 1.29 is 19.2 Å². The third kappa shape index (κ3) is 6.39. The zero-order valence-corrected chi connectivity index (χ0v) is 18.2. The van der Waals surface area contributed by atoms with E-state index in [2.05, 4.69) is 37.2 Å². The van der Waals surface area contributed by atoms with Gasteiger partial charge in [-0.3, -0.25) is 14.9 Å². The number of non-ortho nitro benzene ring substituents is 1. The maximum atomic E-state index is 12.1. The third-order valence-electron chi connectivity index (χ3n) is 3.36. The van der Waals surface area contributed by atoms with Gasteiger partial charge in [-0.1, -0.05) is 23.7 Å². The molecule has 0 spiro atoms. The van der Waals surface area contributed by atoms with Crippen LogP contribution in [0.5, 0.6) is 0 Å². The van der Waals surface area contributed by atoms with Crippen LogP contribution in [-0.4, -0.2) is 23.4 Å². The number of amides is 1. The molecular weight excluding hydrogens is 533 g/mol. The molecule has 1 N–H and O–H groups in total. The molecule has 11 heteroatoms. The highest BCUT2D eigenvalue weighted by atomic mass is 79.9. The van der Waals surface area contributed by atoms with Crippen molar-refractivity contribution in [3.05, 3.63) is 71.6 Å². The average Bonchev–Trinajstić information content (AvgIpc) is 2.68. The summed E-state index contributed by atoms with van der Waals surface area (Å²) in [6.07, 6.45) is 1.31. The topological polar surface area (TPSA) is 122 Å². The predicted molar refractivity (Wildman–Crippen MR) is 113 cm³/mol. The molecule has 0 unspecified atom stereocenters. The maximum Gasteiger partial charge on any atom is 0.349 e. The number of nitrogens with one attached hydrogen (secondary N) is 1. The largest absolute Gasteiger partial charge is 0.451 e. The molecule has 0 aliphatic rings. The molecule has 0 radical (unpaired) electrons. The second-order valence-corrected chi connectivity index (χ2v) is 7.53. The number of nitrogens with zero attached hydrogens (tertiary/aromatic N) is 2.